The molecular formula is C24H21BrO4. The Labute approximate surface area is 178 Å². The first-order valence-corrected chi connectivity index (χ1v) is 10.4. The number of carbonyl (C=O) groups excluding carboxylic acids is 2. The summed E-state index contributed by atoms with van der Waals surface area (Å²) in [5.41, 5.74) is 3.42. The van der Waals surface area contributed by atoms with Crippen LogP contribution in [0, 0.1) is 0 Å². The summed E-state index contributed by atoms with van der Waals surface area (Å²) in [5, 5.41) is 0.786. The zero-order chi connectivity index (χ0) is 20.5. The van der Waals surface area contributed by atoms with Gasteiger partial charge in [0.15, 0.2) is 0 Å². The molecule has 4 nitrogen and oxygen atoms in total. The summed E-state index contributed by atoms with van der Waals surface area (Å²) >= 11 is 3.42. The molecule has 0 aliphatic carbocycles. The van der Waals surface area contributed by atoms with Gasteiger partial charge in [-0.2, -0.15) is 0 Å². The molecule has 29 heavy (non-hydrogen) atoms. The van der Waals surface area contributed by atoms with E-state index in [1.807, 2.05) is 48.5 Å². The van der Waals surface area contributed by atoms with Crippen LogP contribution in [0.15, 0.2) is 78.9 Å². The molecule has 3 aromatic rings. The first-order chi connectivity index (χ1) is 14.2. The van der Waals surface area contributed by atoms with Gasteiger partial charge in [-0.1, -0.05) is 76.6 Å². The van der Waals surface area contributed by atoms with E-state index in [1.165, 1.54) is 0 Å². The molecule has 0 aromatic heterocycles. The first-order valence-electron chi connectivity index (χ1n) is 9.28. The molecule has 0 radical (unpaired) electrons. The molecule has 0 aliphatic heterocycles. The van der Waals surface area contributed by atoms with E-state index in [0.717, 1.165) is 22.9 Å². The van der Waals surface area contributed by atoms with Gasteiger partial charge in [0.2, 0.25) is 0 Å². The van der Waals surface area contributed by atoms with E-state index in [1.54, 1.807) is 30.3 Å². The number of rotatable bonds is 8. The van der Waals surface area contributed by atoms with Crippen LogP contribution in [0.5, 0.6) is 0 Å². The Kier molecular flexibility index (Phi) is 7.59. The number of benzene rings is 3. The molecule has 0 N–H and O–H groups in total. The lowest BCUT2D eigenvalue weighted by molar-refractivity contribution is 0.0430. The Morgan fingerprint density at radius 2 is 1.38 bits per heavy atom. The van der Waals surface area contributed by atoms with Gasteiger partial charge in [0.05, 0.1) is 11.1 Å². The lowest BCUT2D eigenvalue weighted by atomic mass is 10.0. The van der Waals surface area contributed by atoms with E-state index in [4.69, 9.17) is 9.47 Å². The molecular weight excluding hydrogens is 432 g/mol. The van der Waals surface area contributed by atoms with Crippen LogP contribution >= 0.6 is 15.9 Å². The fourth-order valence-corrected chi connectivity index (χ4v) is 3.26. The van der Waals surface area contributed by atoms with Gasteiger partial charge in [-0.25, -0.2) is 9.59 Å². The smallest absolute Gasteiger partial charge is 0.338 e. The van der Waals surface area contributed by atoms with E-state index < -0.39 is 11.9 Å². The first kappa shape index (κ1) is 20.8. The molecule has 0 fully saturated rings. The van der Waals surface area contributed by atoms with Crippen LogP contribution in [0.2, 0.25) is 0 Å². The summed E-state index contributed by atoms with van der Waals surface area (Å²) in [6.45, 7) is 0.184. The van der Waals surface area contributed by atoms with Crippen molar-refractivity contribution in [2.75, 3.05) is 5.33 Å². The minimum atomic E-state index is -0.434. The van der Waals surface area contributed by atoms with Crippen molar-refractivity contribution in [1.82, 2.24) is 0 Å². The highest BCUT2D eigenvalue weighted by atomic mass is 79.9. The highest BCUT2D eigenvalue weighted by Crippen LogP contribution is 2.18. The van der Waals surface area contributed by atoms with Crippen molar-refractivity contribution < 1.29 is 19.1 Å². The topological polar surface area (TPSA) is 52.6 Å². The van der Waals surface area contributed by atoms with Gasteiger partial charge in [-0.05, 0) is 35.7 Å². The van der Waals surface area contributed by atoms with Crippen molar-refractivity contribution >= 4 is 27.9 Å². The van der Waals surface area contributed by atoms with Crippen molar-refractivity contribution in [3.8, 4) is 0 Å². The zero-order valence-electron chi connectivity index (χ0n) is 15.8. The van der Waals surface area contributed by atoms with E-state index in [2.05, 4.69) is 15.9 Å². The highest BCUT2D eigenvalue weighted by molar-refractivity contribution is 9.09. The summed E-state index contributed by atoms with van der Waals surface area (Å²) in [6.07, 6.45) is 0.781. The number of hydrogen-bond acceptors (Lipinski definition) is 4. The molecule has 5 heteroatoms. The Bertz CT molecular complexity index is 955. The van der Waals surface area contributed by atoms with Crippen LogP contribution in [0.4, 0.5) is 0 Å². The maximum Gasteiger partial charge on any atom is 0.338 e. The normalized spacial score (nSPS) is 10.4. The molecule has 0 amide bonds. The van der Waals surface area contributed by atoms with Crippen LogP contribution in [0.1, 0.15) is 37.4 Å². The quantitative estimate of drug-likeness (QED) is 0.342. The fourth-order valence-electron chi connectivity index (χ4n) is 2.81. The largest absolute Gasteiger partial charge is 0.457 e. The summed E-state index contributed by atoms with van der Waals surface area (Å²) in [4.78, 5) is 25.0. The predicted octanol–water partition coefficient (Wildman–Crippen LogP) is 5.34. The fraction of sp³-hybridized carbons (Fsp3) is 0.167. The number of ether oxygens (including phenoxy) is 2. The maximum atomic E-state index is 12.7. The van der Waals surface area contributed by atoms with Crippen LogP contribution in [-0.4, -0.2) is 17.3 Å². The Morgan fingerprint density at radius 3 is 2.07 bits per heavy atom. The van der Waals surface area contributed by atoms with Crippen molar-refractivity contribution in [2.24, 2.45) is 0 Å². The van der Waals surface area contributed by atoms with Gasteiger partial charge < -0.3 is 9.47 Å². The number of carbonyl (C=O) groups is 2. The number of aryl methyl sites for hydroxylation is 1. The van der Waals surface area contributed by atoms with Crippen LogP contribution in [0.25, 0.3) is 0 Å². The van der Waals surface area contributed by atoms with Gasteiger partial charge >= 0.3 is 11.9 Å². The number of halogens is 1. The number of esters is 2. The van der Waals surface area contributed by atoms with E-state index in [0.29, 0.717) is 16.7 Å². The highest BCUT2D eigenvalue weighted by Gasteiger charge is 2.16. The summed E-state index contributed by atoms with van der Waals surface area (Å²) < 4.78 is 10.9. The molecule has 0 saturated carbocycles. The van der Waals surface area contributed by atoms with Crippen molar-refractivity contribution in [3.05, 3.63) is 107 Å². The molecule has 0 saturated heterocycles. The minimum absolute atomic E-state index is 0.00189. The van der Waals surface area contributed by atoms with Crippen LogP contribution < -0.4 is 0 Å². The van der Waals surface area contributed by atoms with Gasteiger partial charge in [-0.3, -0.25) is 0 Å². The van der Waals surface area contributed by atoms with Crippen LogP contribution in [-0.2, 0) is 29.1 Å². The molecule has 0 aliphatic rings. The molecule has 0 atom stereocenters. The van der Waals surface area contributed by atoms with E-state index in [9.17, 15) is 9.59 Å². The second-order valence-corrected chi connectivity index (χ2v) is 7.23. The molecule has 0 bridgehead atoms. The second kappa shape index (κ2) is 10.6. The average Bonchev–Trinajstić information content (AvgIpc) is 2.78. The average molecular weight is 453 g/mol. The monoisotopic (exact) mass is 452 g/mol. The summed E-state index contributed by atoms with van der Waals surface area (Å²) in [5.74, 6) is -0.866. The van der Waals surface area contributed by atoms with Gasteiger partial charge in [-0.15, -0.1) is 0 Å². The SMILES string of the molecule is O=C(OCc1ccc(CCBr)cc1C(=O)OCc1ccccc1)c1ccccc1. The van der Waals surface area contributed by atoms with E-state index >= 15 is 0 Å². The lowest BCUT2D eigenvalue weighted by Gasteiger charge is -2.12. The minimum Gasteiger partial charge on any atom is -0.457 e. The molecule has 0 spiro atoms. The van der Waals surface area contributed by atoms with Gasteiger partial charge in [0.1, 0.15) is 13.2 Å². The second-order valence-electron chi connectivity index (χ2n) is 6.43. The molecule has 0 heterocycles. The third-order valence-corrected chi connectivity index (χ3v) is 4.75. The standard InChI is InChI=1S/C24H21BrO4/c25-14-13-18-11-12-21(17-29-23(26)20-9-5-2-6-10-20)22(15-18)24(27)28-16-19-7-3-1-4-8-19/h1-12,15H,13-14,16-17H2. The van der Waals surface area contributed by atoms with Gasteiger partial charge in [0.25, 0.3) is 0 Å². The number of alkyl halides is 1. The molecule has 148 valence electrons. The van der Waals surface area contributed by atoms with Crippen molar-refractivity contribution in [2.45, 2.75) is 19.6 Å². The molecule has 0 unspecified atom stereocenters. The Hall–Kier alpha value is -2.92. The molecule has 3 aromatic carbocycles. The zero-order valence-corrected chi connectivity index (χ0v) is 17.4. The van der Waals surface area contributed by atoms with E-state index in [-0.39, 0.29) is 13.2 Å². The third kappa shape index (κ3) is 6.03. The number of hydrogen-bond donors (Lipinski definition) is 0. The third-order valence-electron chi connectivity index (χ3n) is 4.36. The Balaban J connectivity index is 1.73. The predicted molar refractivity (Wildman–Crippen MR) is 115 cm³/mol. The maximum absolute atomic E-state index is 12.7. The van der Waals surface area contributed by atoms with Gasteiger partial charge in [0, 0.05) is 10.9 Å². The lowest BCUT2D eigenvalue weighted by Crippen LogP contribution is -2.12. The Morgan fingerprint density at radius 1 is 0.724 bits per heavy atom. The van der Waals surface area contributed by atoms with Crippen molar-refractivity contribution in [1.29, 1.82) is 0 Å². The summed E-state index contributed by atoms with van der Waals surface area (Å²) in [6, 6.07) is 23.8. The summed E-state index contributed by atoms with van der Waals surface area (Å²) in [7, 11) is 0. The van der Waals surface area contributed by atoms with Crippen molar-refractivity contribution in [3.63, 3.8) is 0 Å². The molecule has 3 rings (SSSR count). The van der Waals surface area contributed by atoms with Crippen LogP contribution in [0.3, 0.4) is 0 Å².